The Morgan fingerprint density at radius 1 is 1.18 bits per heavy atom. The average molecular weight is 566 g/mol. The maximum Gasteiger partial charge on any atom is 0.255 e. The summed E-state index contributed by atoms with van der Waals surface area (Å²) in [5.74, 6) is 0.504. The quantitative estimate of drug-likeness (QED) is 0.277. The van der Waals surface area contributed by atoms with Gasteiger partial charge in [0.25, 0.3) is 10.0 Å². The highest BCUT2D eigenvalue weighted by Gasteiger charge is 2.09. The van der Waals surface area contributed by atoms with Crippen LogP contribution in [0.3, 0.4) is 0 Å². The second-order valence-electron chi connectivity index (χ2n) is 6.95. The van der Waals surface area contributed by atoms with Crippen LogP contribution in [0.25, 0.3) is 6.08 Å². The van der Waals surface area contributed by atoms with Crippen LogP contribution >= 0.6 is 38.9 Å². The molecule has 0 aliphatic rings. The number of nitrogens with one attached hydrogen (secondary N) is 1. The molecule has 7 nitrogen and oxygen atoms in total. The van der Waals surface area contributed by atoms with Crippen LogP contribution in [0, 0.1) is 0 Å². The summed E-state index contributed by atoms with van der Waals surface area (Å²) in [5, 5.41) is 11.9. The lowest BCUT2D eigenvalue weighted by atomic mass is 10.2. The minimum Gasteiger partial charge on any atom is -0.487 e. The number of aromatic nitrogens is 3. The van der Waals surface area contributed by atoms with E-state index in [9.17, 15) is 8.42 Å². The molecule has 0 aliphatic heterocycles. The molecular weight excluding hydrogens is 548 g/mol. The van der Waals surface area contributed by atoms with E-state index in [2.05, 4.69) is 31.0 Å². The van der Waals surface area contributed by atoms with Crippen molar-refractivity contribution >= 4 is 60.7 Å². The molecule has 2 aromatic heterocycles. The Balaban J connectivity index is 1.35. The number of sulfonamides is 1. The van der Waals surface area contributed by atoms with Crippen molar-refractivity contribution in [3.8, 4) is 5.75 Å². The van der Waals surface area contributed by atoms with Gasteiger partial charge in [-0.1, -0.05) is 35.0 Å². The molecule has 2 aromatic carbocycles. The largest absolute Gasteiger partial charge is 0.487 e. The van der Waals surface area contributed by atoms with Gasteiger partial charge in [-0.15, -0.1) is 16.4 Å². The molecule has 0 saturated carbocycles. The Morgan fingerprint density at radius 3 is 2.82 bits per heavy atom. The van der Waals surface area contributed by atoms with Gasteiger partial charge in [-0.05, 0) is 68.8 Å². The van der Waals surface area contributed by atoms with Crippen molar-refractivity contribution in [2.45, 2.75) is 13.2 Å². The third-order valence-corrected chi connectivity index (χ3v) is 7.44. The molecule has 0 amide bonds. The smallest absolute Gasteiger partial charge is 0.255 e. The molecule has 170 valence electrons. The standard InChI is InChI=1S/C22H18BrClN4O3S2/c23-22-17(7-9-32-22)13-28-14-20(25-27-28)15-31-21-6-2-5-19(12-21)26-33(29,30)10-8-16-3-1-4-18(24)11-16/h1-12,14,26H,13,15H2/b10-8+. The average Bonchev–Trinajstić information content (AvgIpc) is 3.40. The maximum atomic E-state index is 12.4. The topological polar surface area (TPSA) is 86.1 Å². The van der Waals surface area contributed by atoms with Crippen molar-refractivity contribution in [1.82, 2.24) is 15.0 Å². The van der Waals surface area contributed by atoms with Gasteiger partial charge < -0.3 is 4.74 Å². The number of ether oxygens (including phenoxy) is 1. The predicted molar refractivity (Wildman–Crippen MR) is 135 cm³/mol. The predicted octanol–water partition coefficient (Wildman–Crippen LogP) is 5.80. The van der Waals surface area contributed by atoms with E-state index in [1.165, 1.54) is 6.08 Å². The van der Waals surface area contributed by atoms with E-state index >= 15 is 0 Å². The number of benzene rings is 2. The van der Waals surface area contributed by atoms with Gasteiger partial charge in [0.15, 0.2) is 0 Å². The third-order valence-electron chi connectivity index (χ3n) is 4.38. The molecular formula is C22H18BrClN4O3S2. The first-order valence-corrected chi connectivity index (χ1v) is 13.3. The minimum atomic E-state index is -3.71. The van der Waals surface area contributed by atoms with Crippen molar-refractivity contribution in [1.29, 1.82) is 0 Å². The van der Waals surface area contributed by atoms with Crippen LogP contribution in [0.2, 0.25) is 5.02 Å². The molecule has 2 heterocycles. The number of thiophene rings is 1. The summed E-state index contributed by atoms with van der Waals surface area (Å²) < 4.78 is 35.9. The minimum absolute atomic E-state index is 0.204. The summed E-state index contributed by atoms with van der Waals surface area (Å²) in [6, 6.07) is 15.7. The van der Waals surface area contributed by atoms with Crippen LogP contribution in [0.1, 0.15) is 16.8 Å². The highest BCUT2D eigenvalue weighted by Crippen LogP contribution is 2.24. The Kier molecular flexibility index (Phi) is 7.49. The van der Waals surface area contributed by atoms with Gasteiger partial charge >= 0.3 is 0 Å². The van der Waals surface area contributed by atoms with Crippen LogP contribution in [-0.4, -0.2) is 23.4 Å². The monoisotopic (exact) mass is 564 g/mol. The summed E-state index contributed by atoms with van der Waals surface area (Å²) in [6.07, 6.45) is 3.30. The van der Waals surface area contributed by atoms with Gasteiger partial charge in [0, 0.05) is 11.1 Å². The van der Waals surface area contributed by atoms with Crippen LogP contribution < -0.4 is 9.46 Å². The third kappa shape index (κ3) is 6.91. The van der Waals surface area contributed by atoms with E-state index in [-0.39, 0.29) is 6.61 Å². The fourth-order valence-electron chi connectivity index (χ4n) is 2.87. The van der Waals surface area contributed by atoms with Crippen LogP contribution in [0.15, 0.2) is 75.4 Å². The molecule has 0 saturated heterocycles. The van der Waals surface area contributed by atoms with E-state index in [1.54, 1.807) is 64.5 Å². The van der Waals surface area contributed by atoms with E-state index < -0.39 is 10.0 Å². The van der Waals surface area contributed by atoms with Crippen LogP contribution in [-0.2, 0) is 23.2 Å². The second kappa shape index (κ2) is 10.5. The van der Waals surface area contributed by atoms with Crippen molar-refractivity contribution in [2.24, 2.45) is 0 Å². The molecule has 0 atom stereocenters. The van der Waals surface area contributed by atoms with Crippen LogP contribution in [0.4, 0.5) is 5.69 Å². The lowest BCUT2D eigenvalue weighted by Crippen LogP contribution is -2.09. The number of hydrogen-bond acceptors (Lipinski definition) is 6. The molecule has 0 aliphatic carbocycles. The first-order valence-electron chi connectivity index (χ1n) is 9.66. The molecule has 0 fully saturated rings. The highest BCUT2D eigenvalue weighted by molar-refractivity contribution is 9.11. The summed E-state index contributed by atoms with van der Waals surface area (Å²) in [7, 11) is -3.71. The second-order valence-corrected chi connectivity index (χ2v) is 11.2. The number of hydrogen-bond donors (Lipinski definition) is 1. The van der Waals surface area contributed by atoms with Gasteiger partial charge in [0.2, 0.25) is 0 Å². The van der Waals surface area contributed by atoms with Gasteiger partial charge in [-0.2, -0.15) is 0 Å². The number of halogens is 2. The fraction of sp³-hybridized carbons (Fsp3) is 0.0909. The van der Waals surface area contributed by atoms with Gasteiger partial charge in [-0.25, -0.2) is 13.1 Å². The Bertz CT molecular complexity index is 1390. The Hall–Kier alpha value is -2.66. The molecule has 4 rings (SSSR count). The van der Waals surface area contributed by atoms with Crippen molar-refractivity contribution in [2.75, 3.05) is 4.72 Å². The number of nitrogens with zero attached hydrogens (tertiary/aromatic N) is 3. The Labute approximate surface area is 208 Å². The van der Waals surface area contributed by atoms with E-state index in [4.69, 9.17) is 16.3 Å². The van der Waals surface area contributed by atoms with Gasteiger partial charge in [0.05, 0.1) is 27.6 Å². The van der Waals surface area contributed by atoms with Crippen molar-refractivity contribution < 1.29 is 13.2 Å². The molecule has 0 spiro atoms. The zero-order valence-corrected chi connectivity index (χ0v) is 21.0. The van der Waals surface area contributed by atoms with Gasteiger partial charge in [0.1, 0.15) is 18.1 Å². The normalized spacial score (nSPS) is 11.7. The zero-order chi connectivity index (χ0) is 23.3. The summed E-state index contributed by atoms with van der Waals surface area (Å²) in [5.41, 5.74) is 2.86. The SMILES string of the molecule is O=S(=O)(/C=C/c1cccc(Cl)c1)Nc1cccc(OCc2cn(Cc3ccsc3Br)nn2)c1. The molecule has 4 aromatic rings. The van der Waals surface area contributed by atoms with Crippen molar-refractivity contribution in [3.05, 3.63) is 97.2 Å². The fourth-order valence-corrected chi connectivity index (χ4v) is 5.15. The maximum absolute atomic E-state index is 12.4. The van der Waals surface area contributed by atoms with Crippen LogP contribution in [0.5, 0.6) is 5.75 Å². The zero-order valence-electron chi connectivity index (χ0n) is 17.1. The first kappa shape index (κ1) is 23.5. The summed E-state index contributed by atoms with van der Waals surface area (Å²) in [6.45, 7) is 0.812. The van der Waals surface area contributed by atoms with Crippen molar-refractivity contribution in [3.63, 3.8) is 0 Å². The summed E-state index contributed by atoms with van der Waals surface area (Å²) in [4.78, 5) is 0. The molecule has 1 N–H and O–H groups in total. The molecule has 0 radical (unpaired) electrons. The molecule has 33 heavy (non-hydrogen) atoms. The summed E-state index contributed by atoms with van der Waals surface area (Å²) >= 11 is 11.1. The highest BCUT2D eigenvalue weighted by atomic mass is 79.9. The molecule has 0 unspecified atom stereocenters. The van der Waals surface area contributed by atoms with E-state index in [0.29, 0.717) is 34.3 Å². The molecule has 11 heteroatoms. The number of anilines is 1. The lowest BCUT2D eigenvalue weighted by molar-refractivity contribution is 0.301. The van der Waals surface area contributed by atoms with Gasteiger partial charge in [-0.3, -0.25) is 4.72 Å². The van der Waals surface area contributed by atoms with E-state index in [1.807, 2.05) is 17.6 Å². The molecule has 0 bridgehead atoms. The number of rotatable bonds is 9. The van der Waals surface area contributed by atoms with E-state index in [0.717, 1.165) is 14.8 Å². The lowest BCUT2D eigenvalue weighted by Gasteiger charge is -2.08. The Morgan fingerprint density at radius 2 is 2.03 bits per heavy atom. The first-order chi connectivity index (χ1) is 15.9.